The fraction of sp³-hybridized carbons (Fsp3) is 0.345. The van der Waals surface area contributed by atoms with Gasteiger partial charge in [-0.2, -0.15) is 10.4 Å². The van der Waals surface area contributed by atoms with E-state index in [1.165, 1.54) is 0 Å². The van der Waals surface area contributed by atoms with Crippen molar-refractivity contribution in [2.45, 2.75) is 38.3 Å². The minimum Gasteiger partial charge on any atom is -0.390 e. The van der Waals surface area contributed by atoms with Crippen LogP contribution >= 0.6 is 0 Å². The number of likely N-dealkylation sites (tertiary alicyclic amines) is 1. The molecule has 3 aromatic heterocycles. The number of aryl methyl sites for hydroxylation is 1. The number of β-amino-alcohol motifs (C(OH)–C–C–N with tert-alkyl or cyclic N) is 1. The Morgan fingerprint density at radius 2 is 1.92 bits per heavy atom. The number of aliphatic hydroxyl groups excluding tert-OH is 1. The van der Waals surface area contributed by atoms with Gasteiger partial charge in [-0.1, -0.05) is 36.4 Å². The van der Waals surface area contributed by atoms with Crippen LogP contribution in [0.5, 0.6) is 0 Å². The summed E-state index contributed by atoms with van der Waals surface area (Å²) < 4.78 is 1.76. The zero-order valence-corrected chi connectivity index (χ0v) is 21.2. The van der Waals surface area contributed by atoms with Gasteiger partial charge in [0, 0.05) is 43.0 Å². The van der Waals surface area contributed by atoms with Crippen molar-refractivity contribution in [2.24, 2.45) is 5.92 Å². The second-order valence-corrected chi connectivity index (χ2v) is 10.1. The lowest BCUT2D eigenvalue weighted by Crippen LogP contribution is -2.39. The predicted octanol–water partition coefficient (Wildman–Crippen LogP) is 3.79. The molecule has 0 bridgehead atoms. The Bertz CT molecular complexity index is 1530. The molecule has 4 aromatic rings. The van der Waals surface area contributed by atoms with Crippen LogP contribution in [0.1, 0.15) is 47.1 Å². The van der Waals surface area contributed by atoms with Crippen LogP contribution < -0.4 is 4.90 Å². The third kappa shape index (κ3) is 4.37. The molecule has 3 atom stereocenters. The number of anilines is 1. The first-order valence-electron chi connectivity index (χ1n) is 13.0. The molecule has 38 heavy (non-hydrogen) atoms. The summed E-state index contributed by atoms with van der Waals surface area (Å²) in [6.45, 7) is 3.43. The highest BCUT2D eigenvalue weighted by Gasteiger charge is 2.34. The van der Waals surface area contributed by atoms with Gasteiger partial charge < -0.3 is 14.9 Å². The summed E-state index contributed by atoms with van der Waals surface area (Å²) in [6.07, 6.45) is 4.01. The van der Waals surface area contributed by atoms with Crippen LogP contribution in [-0.2, 0) is 0 Å². The SMILES string of the molecule is Cc1cn2nc([C@@H]3CCCCN3C(=O)c3cccc(-c4ccccc4)n3)cc2nc1N1C[C@@H](C#N)[C@@H](O)C1. The number of carbonyl (C=O) groups is 1. The van der Waals surface area contributed by atoms with E-state index in [0.717, 1.165) is 47.6 Å². The van der Waals surface area contributed by atoms with Crippen molar-refractivity contribution in [1.82, 2.24) is 24.5 Å². The van der Waals surface area contributed by atoms with E-state index < -0.39 is 12.0 Å². The molecule has 2 aliphatic rings. The molecule has 9 nitrogen and oxygen atoms in total. The van der Waals surface area contributed by atoms with Gasteiger partial charge in [0.2, 0.25) is 0 Å². The number of amides is 1. The summed E-state index contributed by atoms with van der Waals surface area (Å²) >= 11 is 0. The number of benzene rings is 1. The summed E-state index contributed by atoms with van der Waals surface area (Å²) in [5.41, 5.74) is 4.57. The predicted molar refractivity (Wildman–Crippen MR) is 142 cm³/mol. The maximum Gasteiger partial charge on any atom is 0.273 e. The molecule has 0 saturated carbocycles. The normalized spacial score (nSPS) is 21.6. The number of hydrogen-bond donors (Lipinski definition) is 1. The van der Waals surface area contributed by atoms with E-state index in [1.807, 2.05) is 71.5 Å². The summed E-state index contributed by atoms with van der Waals surface area (Å²) in [4.78, 5) is 27.1. The van der Waals surface area contributed by atoms with Crippen molar-refractivity contribution in [2.75, 3.05) is 24.5 Å². The topological polar surface area (TPSA) is 111 Å². The minimum atomic E-state index is -0.686. The van der Waals surface area contributed by atoms with Crippen molar-refractivity contribution in [1.29, 1.82) is 5.26 Å². The van der Waals surface area contributed by atoms with Crippen molar-refractivity contribution in [3.05, 3.63) is 77.7 Å². The molecule has 2 aliphatic heterocycles. The molecule has 192 valence electrons. The van der Waals surface area contributed by atoms with Crippen LogP contribution in [-0.4, -0.2) is 61.2 Å². The molecule has 1 N–H and O–H groups in total. The lowest BCUT2D eigenvalue weighted by atomic mass is 9.98. The van der Waals surface area contributed by atoms with Gasteiger partial charge in [-0.25, -0.2) is 14.5 Å². The molecule has 2 fully saturated rings. The highest BCUT2D eigenvalue weighted by atomic mass is 16.3. The lowest BCUT2D eigenvalue weighted by molar-refractivity contribution is 0.0599. The average molecular weight is 508 g/mol. The molecular weight excluding hydrogens is 478 g/mol. The Labute approximate surface area is 221 Å². The monoisotopic (exact) mass is 507 g/mol. The van der Waals surface area contributed by atoms with E-state index in [1.54, 1.807) is 10.6 Å². The summed E-state index contributed by atoms with van der Waals surface area (Å²) in [6, 6.07) is 19.4. The summed E-state index contributed by atoms with van der Waals surface area (Å²) in [5, 5.41) is 24.3. The number of nitriles is 1. The van der Waals surface area contributed by atoms with E-state index in [-0.39, 0.29) is 11.9 Å². The average Bonchev–Trinajstić information content (AvgIpc) is 3.55. The number of hydrogen-bond acceptors (Lipinski definition) is 7. The quantitative estimate of drug-likeness (QED) is 0.447. The number of piperidine rings is 1. The van der Waals surface area contributed by atoms with Crippen molar-refractivity contribution < 1.29 is 9.90 Å². The number of aliphatic hydroxyl groups is 1. The third-order valence-electron chi connectivity index (χ3n) is 7.52. The maximum absolute atomic E-state index is 13.7. The molecule has 5 heterocycles. The lowest BCUT2D eigenvalue weighted by Gasteiger charge is -2.34. The molecule has 0 unspecified atom stereocenters. The smallest absolute Gasteiger partial charge is 0.273 e. The number of rotatable bonds is 4. The standard InChI is InChI=1S/C29H29N7O2/c1-19-16-36-27(32-28(19)34-17-21(15-30)26(37)18-34)14-24(33-36)25-12-5-6-13-35(25)29(38)23-11-7-10-22(31-23)20-8-3-2-4-9-20/h2-4,7-11,14,16,21,25-26,37H,5-6,12-13,17-18H2,1H3/t21-,25+,26+/m1/s1. The van der Waals surface area contributed by atoms with Crippen LogP contribution in [0, 0.1) is 24.2 Å². The van der Waals surface area contributed by atoms with Crippen molar-refractivity contribution >= 4 is 17.4 Å². The van der Waals surface area contributed by atoms with Crippen molar-refractivity contribution in [3.8, 4) is 17.3 Å². The Kier molecular flexibility index (Phi) is 6.26. The van der Waals surface area contributed by atoms with Crippen LogP contribution in [0.2, 0.25) is 0 Å². The van der Waals surface area contributed by atoms with E-state index >= 15 is 0 Å². The van der Waals surface area contributed by atoms with Crippen molar-refractivity contribution in [3.63, 3.8) is 0 Å². The molecule has 2 saturated heterocycles. The Balaban J connectivity index is 1.29. The molecular formula is C29H29N7O2. The summed E-state index contributed by atoms with van der Waals surface area (Å²) in [7, 11) is 0. The van der Waals surface area contributed by atoms with Gasteiger partial charge in [0.1, 0.15) is 11.5 Å². The van der Waals surface area contributed by atoms with Gasteiger partial charge in [0.05, 0.1) is 35.5 Å². The Morgan fingerprint density at radius 1 is 1.08 bits per heavy atom. The van der Waals surface area contributed by atoms with Crippen LogP contribution in [0.3, 0.4) is 0 Å². The Morgan fingerprint density at radius 3 is 2.71 bits per heavy atom. The van der Waals surface area contributed by atoms with E-state index in [4.69, 9.17) is 15.1 Å². The molecule has 0 aliphatic carbocycles. The molecule has 6 rings (SSSR count). The fourth-order valence-electron chi connectivity index (χ4n) is 5.54. The highest BCUT2D eigenvalue weighted by Crippen LogP contribution is 2.33. The highest BCUT2D eigenvalue weighted by molar-refractivity contribution is 5.93. The third-order valence-corrected chi connectivity index (χ3v) is 7.52. The number of nitrogens with zero attached hydrogens (tertiary/aromatic N) is 7. The zero-order chi connectivity index (χ0) is 26.2. The number of pyridine rings is 1. The van der Waals surface area contributed by atoms with Gasteiger partial charge in [0.15, 0.2) is 5.65 Å². The molecule has 0 radical (unpaired) electrons. The van der Waals surface area contributed by atoms with Gasteiger partial charge in [-0.15, -0.1) is 0 Å². The molecule has 1 aromatic carbocycles. The zero-order valence-electron chi connectivity index (χ0n) is 21.2. The fourth-order valence-corrected chi connectivity index (χ4v) is 5.54. The molecule has 0 spiro atoms. The largest absolute Gasteiger partial charge is 0.390 e. The first-order valence-corrected chi connectivity index (χ1v) is 13.0. The second-order valence-electron chi connectivity index (χ2n) is 10.1. The summed E-state index contributed by atoms with van der Waals surface area (Å²) in [5.74, 6) is 0.228. The second kappa shape index (κ2) is 9.88. The van der Waals surface area contributed by atoms with Crippen LogP contribution in [0.4, 0.5) is 5.82 Å². The number of carbonyl (C=O) groups excluding carboxylic acids is 1. The first-order chi connectivity index (χ1) is 18.5. The van der Waals surface area contributed by atoms with Gasteiger partial charge in [-0.05, 0) is 38.3 Å². The van der Waals surface area contributed by atoms with E-state index in [9.17, 15) is 15.2 Å². The van der Waals surface area contributed by atoms with Gasteiger partial charge in [-0.3, -0.25) is 4.79 Å². The van der Waals surface area contributed by atoms with Crippen LogP contribution in [0.25, 0.3) is 16.9 Å². The van der Waals surface area contributed by atoms with E-state index in [0.29, 0.717) is 31.0 Å². The molecule has 1 amide bonds. The van der Waals surface area contributed by atoms with Gasteiger partial charge >= 0.3 is 0 Å². The number of fused-ring (bicyclic) bond motifs is 1. The van der Waals surface area contributed by atoms with E-state index in [2.05, 4.69) is 6.07 Å². The first kappa shape index (κ1) is 24.1. The number of aromatic nitrogens is 4. The van der Waals surface area contributed by atoms with Crippen LogP contribution in [0.15, 0.2) is 60.8 Å². The minimum absolute atomic E-state index is 0.0945. The van der Waals surface area contributed by atoms with Gasteiger partial charge in [0.25, 0.3) is 5.91 Å². The maximum atomic E-state index is 13.7. The molecule has 9 heteroatoms. The Hall–Kier alpha value is -4.29.